The fraction of sp³-hybridized carbons (Fsp3) is 0.455. The zero-order chi connectivity index (χ0) is 9.60. The lowest BCUT2D eigenvalue weighted by Gasteiger charge is -2.09. The molecule has 3 rings (SSSR count). The molecule has 14 heavy (non-hydrogen) atoms. The number of hydrogen-bond acceptors (Lipinski definition) is 3. The number of benzene rings is 1. The second kappa shape index (κ2) is 2.56. The second-order valence-corrected chi connectivity index (χ2v) is 4.32. The van der Waals surface area contributed by atoms with Crippen LogP contribution in [0, 0.1) is 5.41 Å². The first-order chi connectivity index (χ1) is 6.77. The van der Waals surface area contributed by atoms with Gasteiger partial charge >= 0.3 is 0 Å². The van der Waals surface area contributed by atoms with Crippen molar-refractivity contribution in [2.45, 2.75) is 12.8 Å². The summed E-state index contributed by atoms with van der Waals surface area (Å²) in [7, 11) is 0. The van der Waals surface area contributed by atoms with Crippen molar-refractivity contribution >= 4 is 5.69 Å². The molecule has 74 valence electrons. The first-order valence-corrected chi connectivity index (χ1v) is 4.97. The third-order valence-electron chi connectivity index (χ3n) is 3.11. The summed E-state index contributed by atoms with van der Waals surface area (Å²) in [6, 6.07) is 5.20. The first kappa shape index (κ1) is 7.97. The minimum Gasteiger partial charge on any atom is -0.508 e. The molecule has 1 spiro atoms. The molecular formula is C11H13NO2. The number of nitrogens with one attached hydrogen (secondary N) is 1. The molecular weight excluding hydrogens is 178 g/mol. The molecule has 0 bridgehead atoms. The standard InChI is InChI=1S/C11H13NO2/c13-8-1-2-10-9(5-8)12-6-11(3-4-11)7-14-10/h1-2,5,12-13H,3-4,6-7H2. The number of ether oxygens (including phenoxy) is 1. The summed E-state index contributed by atoms with van der Waals surface area (Å²) in [5.41, 5.74) is 1.28. The van der Waals surface area contributed by atoms with Crippen LogP contribution >= 0.6 is 0 Å². The summed E-state index contributed by atoms with van der Waals surface area (Å²) in [4.78, 5) is 0. The van der Waals surface area contributed by atoms with E-state index in [1.54, 1.807) is 12.1 Å². The van der Waals surface area contributed by atoms with Crippen molar-refractivity contribution in [3.05, 3.63) is 18.2 Å². The van der Waals surface area contributed by atoms with E-state index >= 15 is 0 Å². The van der Waals surface area contributed by atoms with Crippen LogP contribution in [0.4, 0.5) is 5.69 Å². The molecule has 3 heteroatoms. The van der Waals surface area contributed by atoms with Crippen LogP contribution in [0.1, 0.15) is 12.8 Å². The zero-order valence-electron chi connectivity index (χ0n) is 7.92. The Morgan fingerprint density at radius 1 is 1.36 bits per heavy atom. The van der Waals surface area contributed by atoms with Crippen molar-refractivity contribution in [1.29, 1.82) is 0 Å². The highest BCUT2D eigenvalue weighted by Crippen LogP contribution is 2.48. The monoisotopic (exact) mass is 191 g/mol. The lowest BCUT2D eigenvalue weighted by Crippen LogP contribution is -2.18. The summed E-state index contributed by atoms with van der Waals surface area (Å²) in [5.74, 6) is 1.14. The van der Waals surface area contributed by atoms with Gasteiger partial charge < -0.3 is 15.2 Å². The average Bonchev–Trinajstić information content (AvgIpc) is 2.96. The molecule has 1 aliphatic carbocycles. The summed E-state index contributed by atoms with van der Waals surface area (Å²) in [6.45, 7) is 1.77. The molecule has 0 unspecified atom stereocenters. The molecule has 0 atom stereocenters. The first-order valence-electron chi connectivity index (χ1n) is 4.97. The van der Waals surface area contributed by atoms with E-state index in [-0.39, 0.29) is 5.75 Å². The van der Waals surface area contributed by atoms with Gasteiger partial charge in [-0.15, -0.1) is 0 Å². The molecule has 0 radical (unpaired) electrons. The van der Waals surface area contributed by atoms with Gasteiger partial charge in [-0.3, -0.25) is 0 Å². The van der Waals surface area contributed by atoms with Gasteiger partial charge in [-0.05, 0) is 25.0 Å². The summed E-state index contributed by atoms with van der Waals surface area (Å²) < 4.78 is 5.71. The van der Waals surface area contributed by atoms with E-state index in [1.165, 1.54) is 12.8 Å². The van der Waals surface area contributed by atoms with Crippen LogP contribution in [0.15, 0.2) is 18.2 Å². The van der Waals surface area contributed by atoms with Gasteiger partial charge in [-0.25, -0.2) is 0 Å². The van der Waals surface area contributed by atoms with E-state index in [0.717, 1.165) is 24.6 Å². The smallest absolute Gasteiger partial charge is 0.142 e. The molecule has 2 aliphatic rings. The van der Waals surface area contributed by atoms with Gasteiger partial charge in [0.15, 0.2) is 0 Å². The highest BCUT2D eigenvalue weighted by atomic mass is 16.5. The van der Waals surface area contributed by atoms with Gasteiger partial charge in [-0.1, -0.05) is 0 Å². The largest absolute Gasteiger partial charge is 0.508 e. The molecule has 1 aromatic rings. The van der Waals surface area contributed by atoms with Crippen LogP contribution < -0.4 is 10.1 Å². The second-order valence-electron chi connectivity index (χ2n) is 4.32. The highest BCUT2D eigenvalue weighted by Gasteiger charge is 2.44. The molecule has 1 fully saturated rings. The van der Waals surface area contributed by atoms with Gasteiger partial charge in [-0.2, -0.15) is 0 Å². The van der Waals surface area contributed by atoms with E-state index in [2.05, 4.69) is 5.32 Å². The molecule has 3 nitrogen and oxygen atoms in total. The van der Waals surface area contributed by atoms with Crippen molar-refractivity contribution in [2.75, 3.05) is 18.5 Å². The van der Waals surface area contributed by atoms with Gasteiger partial charge in [0.05, 0.1) is 12.3 Å². The number of hydrogen-bond donors (Lipinski definition) is 2. The van der Waals surface area contributed by atoms with E-state index < -0.39 is 0 Å². The van der Waals surface area contributed by atoms with Crippen molar-refractivity contribution < 1.29 is 9.84 Å². The van der Waals surface area contributed by atoms with Gasteiger partial charge in [0, 0.05) is 18.0 Å². The fourth-order valence-corrected chi connectivity index (χ4v) is 1.84. The molecule has 0 saturated heterocycles. The topological polar surface area (TPSA) is 41.5 Å². The van der Waals surface area contributed by atoms with Gasteiger partial charge in [0.2, 0.25) is 0 Å². The highest BCUT2D eigenvalue weighted by molar-refractivity contribution is 5.60. The summed E-state index contributed by atoms with van der Waals surface area (Å²) in [6.07, 6.45) is 2.50. The lowest BCUT2D eigenvalue weighted by molar-refractivity contribution is 0.251. The fourth-order valence-electron chi connectivity index (χ4n) is 1.84. The zero-order valence-corrected chi connectivity index (χ0v) is 7.92. The third-order valence-corrected chi connectivity index (χ3v) is 3.11. The SMILES string of the molecule is Oc1ccc2c(c1)NCC1(CC1)CO2. The number of phenolic OH excluding ortho intramolecular Hbond substituents is 1. The predicted molar refractivity (Wildman–Crippen MR) is 53.8 cm³/mol. The molecule has 2 N–H and O–H groups in total. The Morgan fingerprint density at radius 3 is 3.00 bits per heavy atom. The van der Waals surface area contributed by atoms with Crippen LogP contribution in [0.3, 0.4) is 0 Å². The number of fused-ring (bicyclic) bond motifs is 1. The van der Waals surface area contributed by atoms with E-state index in [9.17, 15) is 5.11 Å². The molecule has 1 heterocycles. The van der Waals surface area contributed by atoms with Crippen LogP contribution in [0.2, 0.25) is 0 Å². The van der Waals surface area contributed by atoms with E-state index in [0.29, 0.717) is 5.41 Å². The third kappa shape index (κ3) is 1.20. The van der Waals surface area contributed by atoms with Crippen molar-refractivity contribution in [3.8, 4) is 11.5 Å². The number of rotatable bonds is 0. The Hall–Kier alpha value is -1.38. The summed E-state index contributed by atoms with van der Waals surface area (Å²) in [5, 5.41) is 12.7. The van der Waals surface area contributed by atoms with Crippen LogP contribution in [-0.2, 0) is 0 Å². The Kier molecular flexibility index (Phi) is 1.46. The number of phenols is 1. The van der Waals surface area contributed by atoms with Gasteiger partial charge in [0.25, 0.3) is 0 Å². The Bertz CT molecular complexity index is 372. The van der Waals surface area contributed by atoms with Crippen LogP contribution in [0.5, 0.6) is 11.5 Å². The quantitative estimate of drug-likeness (QED) is 0.658. The van der Waals surface area contributed by atoms with Crippen LogP contribution in [0.25, 0.3) is 0 Å². The van der Waals surface area contributed by atoms with Gasteiger partial charge in [0.1, 0.15) is 11.5 Å². The molecule has 0 aromatic heterocycles. The predicted octanol–water partition coefficient (Wildman–Crippen LogP) is 1.98. The van der Waals surface area contributed by atoms with Crippen molar-refractivity contribution in [3.63, 3.8) is 0 Å². The molecule has 1 saturated carbocycles. The average molecular weight is 191 g/mol. The summed E-state index contributed by atoms with van der Waals surface area (Å²) >= 11 is 0. The Labute approximate surface area is 82.7 Å². The number of aromatic hydroxyl groups is 1. The Morgan fingerprint density at radius 2 is 2.21 bits per heavy atom. The molecule has 1 aliphatic heterocycles. The minimum absolute atomic E-state index is 0.284. The molecule has 0 amide bonds. The molecule has 1 aromatic carbocycles. The van der Waals surface area contributed by atoms with Crippen LogP contribution in [-0.4, -0.2) is 18.3 Å². The van der Waals surface area contributed by atoms with E-state index in [4.69, 9.17) is 4.74 Å². The normalized spacial score (nSPS) is 21.7. The van der Waals surface area contributed by atoms with Crippen molar-refractivity contribution in [1.82, 2.24) is 0 Å². The minimum atomic E-state index is 0.284. The lowest BCUT2D eigenvalue weighted by atomic mass is 10.1. The Balaban J connectivity index is 1.93. The number of anilines is 1. The maximum atomic E-state index is 9.33. The van der Waals surface area contributed by atoms with E-state index in [1.807, 2.05) is 6.07 Å². The maximum absolute atomic E-state index is 9.33. The van der Waals surface area contributed by atoms with Crippen molar-refractivity contribution in [2.24, 2.45) is 5.41 Å². The maximum Gasteiger partial charge on any atom is 0.142 e.